The molecule has 1 aliphatic heterocycles. The summed E-state index contributed by atoms with van der Waals surface area (Å²) in [5, 5.41) is 5.59. The molecule has 2 aromatic rings. The second-order valence-electron chi connectivity index (χ2n) is 7.03. The van der Waals surface area contributed by atoms with Gasteiger partial charge < -0.3 is 10.6 Å². The fourth-order valence-corrected chi connectivity index (χ4v) is 5.26. The van der Waals surface area contributed by atoms with E-state index in [0.29, 0.717) is 22.6 Å². The summed E-state index contributed by atoms with van der Waals surface area (Å²) in [6.45, 7) is 3.73. The van der Waals surface area contributed by atoms with Crippen molar-refractivity contribution in [1.82, 2.24) is 10.0 Å². The first-order valence-corrected chi connectivity index (χ1v) is 11.8. The van der Waals surface area contributed by atoms with E-state index in [9.17, 15) is 18.0 Å². The minimum atomic E-state index is -3.47. The van der Waals surface area contributed by atoms with E-state index >= 15 is 0 Å². The first kappa shape index (κ1) is 21.4. The number of carbonyl (C=O) groups is 2. The molecule has 3 rings (SSSR count). The van der Waals surface area contributed by atoms with E-state index in [2.05, 4.69) is 15.4 Å². The Morgan fingerprint density at radius 1 is 1.17 bits per heavy atom. The Kier molecular flexibility index (Phi) is 6.61. The number of carbonyl (C=O) groups excluding carboxylic acids is 2. The third kappa shape index (κ3) is 5.81. The number of amides is 2. The van der Waals surface area contributed by atoms with Crippen molar-refractivity contribution in [2.75, 3.05) is 11.1 Å². The van der Waals surface area contributed by atoms with E-state index < -0.39 is 10.0 Å². The Morgan fingerprint density at radius 2 is 1.90 bits per heavy atom. The van der Waals surface area contributed by atoms with Crippen LogP contribution in [0.2, 0.25) is 0 Å². The van der Waals surface area contributed by atoms with Crippen molar-refractivity contribution < 1.29 is 18.0 Å². The molecule has 0 spiro atoms. The lowest BCUT2D eigenvalue weighted by Crippen LogP contribution is -2.32. The molecule has 0 fully saturated rings. The van der Waals surface area contributed by atoms with Crippen LogP contribution in [0.3, 0.4) is 0 Å². The third-order valence-corrected chi connectivity index (χ3v) is 6.79. The van der Waals surface area contributed by atoms with Gasteiger partial charge >= 0.3 is 0 Å². The molecule has 2 amide bonds. The Labute approximate surface area is 174 Å². The minimum absolute atomic E-state index is 0.0924. The van der Waals surface area contributed by atoms with Gasteiger partial charge in [-0.25, -0.2) is 13.1 Å². The number of nitrogens with one attached hydrogen (secondary N) is 3. The second-order valence-corrected chi connectivity index (χ2v) is 9.80. The van der Waals surface area contributed by atoms with E-state index in [-0.39, 0.29) is 30.2 Å². The van der Waals surface area contributed by atoms with Gasteiger partial charge in [0.05, 0.1) is 17.2 Å². The van der Waals surface area contributed by atoms with Crippen LogP contribution in [0.25, 0.3) is 0 Å². The normalized spacial score (nSPS) is 13.7. The number of fused-ring (bicyclic) bond motifs is 1. The van der Waals surface area contributed by atoms with Crippen molar-refractivity contribution in [3.8, 4) is 0 Å². The van der Waals surface area contributed by atoms with E-state index in [4.69, 9.17) is 0 Å². The molecule has 0 saturated carbocycles. The molecule has 0 aromatic heterocycles. The number of benzene rings is 2. The van der Waals surface area contributed by atoms with Crippen LogP contribution in [0.5, 0.6) is 0 Å². The fraction of sp³-hybridized carbons (Fsp3) is 0.300. The van der Waals surface area contributed by atoms with Crippen molar-refractivity contribution in [2.45, 2.75) is 37.1 Å². The van der Waals surface area contributed by atoms with Gasteiger partial charge in [0.15, 0.2) is 0 Å². The van der Waals surface area contributed by atoms with Crippen LogP contribution in [-0.4, -0.2) is 32.0 Å². The molecule has 0 unspecified atom stereocenters. The summed E-state index contributed by atoms with van der Waals surface area (Å²) in [6.07, 6.45) is 0. The van der Waals surface area contributed by atoms with E-state index in [1.54, 1.807) is 50.2 Å². The molecule has 1 aliphatic rings. The second kappa shape index (κ2) is 8.98. The highest BCUT2D eigenvalue weighted by molar-refractivity contribution is 8.00. The molecular formula is C20H23N3O4S2. The standard InChI is InChI=1S/C20H23N3O4S2/c1-13(2)23-29(26,27)12-16-6-4-3-5-15(16)10-21-20(25)14-7-8-18-17(9-14)22-19(24)11-28-18/h3-9,13,23H,10-12H2,1-2H3,(H,21,25)(H,22,24). The maximum atomic E-state index is 12.6. The predicted molar refractivity (Wildman–Crippen MR) is 114 cm³/mol. The minimum Gasteiger partial charge on any atom is -0.348 e. The highest BCUT2D eigenvalue weighted by Gasteiger charge is 2.18. The molecule has 0 aliphatic carbocycles. The predicted octanol–water partition coefficient (Wildman–Crippen LogP) is 2.49. The number of rotatable bonds is 7. The Hall–Kier alpha value is -2.36. The summed E-state index contributed by atoms with van der Waals surface area (Å²) in [5.74, 6) is -0.177. The lowest BCUT2D eigenvalue weighted by atomic mass is 10.1. The fourth-order valence-electron chi connectivity index (χ4n) is 2.98. The number of hydrogen-bond donors (Lipinski definition) is 3. The number of thioether (sulfide) groups is 1. The zero-order chi connectivity index (χ0) is 21.0. The molecule has 9 heteroatoms. The molecule has 0 atom stereocenters. The smallest absolute Gasteiger partial charge is 0.251 e. The molecule has 29 heavy (non-hydrogen) atoms. The zero-order valence-corrected chi connectivity index (χ0v) is 17.8. The van der Waals surface area contributed by atoms with Crippen molar-refractivity contribution in [2.24, 2.45) is 0 Å². The van der Waals surface area contributed by atoms with Gasteiger partial charge in [0, 0.05) is 23.0 Å². The summed E-state index contributed by atoms with van der Waals surface area (Å²) in [6, 6.07) is 12.1. The van der Waals surface area contributed by atoms with Crippen molar-refractivity contribution in [3.05, 3.63) is 59.2 Å². The van der Waals surface area contributed by atoms with Crippen molar-refractivity contribution in [3.63, 3.8) is 0 Å². The number of sulfonamides is 1. The van der Waals surface area contributed by atoms with Gasteiger partial charge in [0.2, 0.25) is 15.9 Å². The van der Waals surface area contributed by atoms with E-state index in [0.717, 1.165) is 10.5 Å². The highest BCUT2D eigenvalue weighted by atomic mass is 32.2. The lowest BCUT2D eigenvalue weighted by molar-refractivity contribution is -0.113. The van der Waals surface area contributed by atoms with Crippen LogP contribution in [0.1, 0.15) is 35.3 Å². The Bertz CT molecular complexity index is 1040. The zero-order valence-electron chi connectivity index (χ0n) is 16.2. The van der Waals surface area contributed by atoms with Gasteiger partial charge in [-0.15, -0.1) is 11.8 Å². The molecule has 1 heterocycles. The molecule has 0 saturated heterocycles. The Morgan fingerprint density at radius 3 is 2.62 bits per heavy atom. The van der Waals surface area contributed by atoms with Gasteiger partial charge in [0.1, 0.15) is 0 Å². The average Bonchev–Trinajstić information content (AvgIpc) is 2.65. The van der Waals surface area contributed by atoms with Crippen LogP contribution < -0.4 is 15.4 Å². The van der Waals surface area contributed by atoms with Crippen LogP contribution in [-0.2, 0) is 27.1 Å². The van der Waals surface area contributed by atoms with Crippen molar-refractivity contribution in [1.29, 1.82) is 0 Å². The van der Waals surface area contributed by atoms with Gasteiger partial charge in [-0.1, -0.05) is 24.3 Å². The summed E-state index contributed by atoms with van der Waals surface area (Å²) >= 11 is 1.43. The lowest BCUT2D eigenvalue weighted by Gasteiger charge is -2.17. The Balaban J connectivity index is 1.70. The first-order valence-electron chi connectivity index (χ1n) is 9.15. The van der Waals surface area contributed by atoms with Crippen LogP contribution in [0, 0.1) is 0 Å². The van der Waals surface area contributed by atoms with Gasteiger partial charge in [0.25, 0.3) is 5.91 Å². The molecule has 154 valence electrons. The molecule has 3 N–H and O–H groups in total. The van der Waals surface area contributed by atoms with Crippen LogP contribution >= 0.6 is 11.8 Å². The number of hydrogen-bond acceptors (Lipinski definition) is 5. The summed E-state index contributed by atoms with van der Waals surface area (Å²) in [4.78, 5) is 25.0. The molecule has 7 nitrogen and oxygen atoms in total. The highest BCUT2D eigenvalue weighted by Crippen LogP contribution is 2.31. The SMILES string of the molecule is CC(C)NS(=O)(=O)Cc1ccccc1CNC(=O)c1ccc2c(c1)NC(=O)CS2. The monoisotopic (exact) mass is 433 g/mol. The van der Waals surface area contributed by atoms with Crippen LogP contribution in [0.15, 0.2) is 47.4 Å². The summed E-state index contributed by atoms with van der Waals surface area (Å²) < 4.78 is 27.1. The van der Waals surface area contributed by atoms with Gasteiger partial charge in [-0.3, -0.25) is 9.59 Å². The van der Waals surface area contributed by atoms with Gasteiger partial charge in [-0.05, 0) is 43.2 Å². The molecule has 0 radical (unpaired) electrons. The quantitative estimate of drug-likeness (QED) is 0.622. The molecular weight excluding hydrogens is 410 g/mol. The van der Waals surface area contributed by atoms with Crippen LogP contribution in [0.4, 0.5) is 5.69 Å². The van der Waals surface area contributed by atoms with Gasteiger partial charge in [-0.2, -0.15) is 0 Å². The van der Waals surface area contributed by atoms with E-state index in [1.807, 2.05) is 6.07 Å². The first-order chi connectivity index (χ1) is 13.7. The topological polar surface area (TPSA) is 104 Å². The van der Waals surface area contributed by atoms with Crippen molar-refractivity contribution >= 4 is 39.3 Å². The molecule has 0 bridgehead atoms. The maximum absolute atomic E-state index is 12.6. The van der Waals surface area contributed by atoms with E-state index in [1.165, 1.54) is 11.8 Å². The summed E-state index contributed by atoms with van der Waals surface area (Å²) in [5.41, 5.74) is 2.43. The largest absolute Gasteiger partial charge is 0.348 e. The molecule has 2 aromatic carbocycles. The third-order valence-electron chi connectivity index (χ3n) is 4.19. The maximum Gasteiger partial charge on any atom is 0.251 e. The number of anilines is 1. The average molecular weight is 434 g/mol. The summed E-state index contributed by atoms with van der Waals surface area (Å²) in [7, 11) is -3.47.